The molecule has 4 rings (SSSR count). The highest BCUT2D eigenvalue weighted by Crippen LogP contribution is 2.22. The van der Waals surface area contributed by atoms with Crippen LogP contribution in [0.2, 0.25) is 0 Å². The molecule has 0 aliphatic rings. The summed E-state index contributed by atoms with van der Waals surface area (Å²) in [5.74, 6) is -0.511. The average Bonchev–Trinajstić information content (AvgIpc) is 3.36. The van der Waals surface area contributed by atoms with Crippen molar-refractivity contribution >= 4 is 22.4 Å². The van der Waals surface area contributed by atoms with Gasteiger partial charge in [-0.1, -0.05) is 12.1 Å². The van der Waals surface area contributed by atoms with Crippen LogP contribution in [0.15, 0.2) is 61.1 Å². The van der Waals surface area contributed by atoms with Crippen molar-refractivity contribution in [2.24, 2.45) is 0 Å². The lowest BCUT2D eigenvalue weighted by atomic mass is 10.1. The fourth-order valence-corrected chi connectivity index (χ4v) is 3.31. The van der Waals surface area contributed by atoms with E-state index in [-0.39, 0.29) is 11.7 Å². The molecule has 7 nitrogen and oxygen atoms in total. The number of nitrogens with one attached hydrogen (secondary N) is 1. The number of aromatic nitrogens is 5. The molecule has 0 saturated heterocycles. The third kappa shape index (κ3) is 4.04. The third-order valence-electron chi connectivity index (χ3n) is 3.81. The zero-order chi connectivity index (χ0) is 18.6. The Hall–Kier alpha value is -3.46. The van der Waals surface area contributed by atoms with Crippen molar-refractivity contribution in [1.29, 1.82) is 0 Å². The highest BCUT2D eigenvalue weighted by Gasteiger charge is 2.10. The number of rotatable bonds is 5. The van der Waals surface area contributed by atoms with E-state index >= 15 is 0 Å². The van der Waals surface area contributed by atoms with E-state index in [9.17, 15) is 9.18 Å². The van der Waals surface area contributed by atoms with Crippen LogP contribution in [0.25, 0.3) is 5.69 Å². The molecule has 0 aliphatic heterocycles. The largest absolute Gasteiger partial charge is 0.298 e. The highest BCUT2D eigenvalue weighted by atomic mass is 32.1. The number of carbonyl (C=O) groups excluding carboxylic acids is 1. The van der Waals surface area contributed by atoms with Crippen molar-refractivity contribution in [3.63, 3.8) is 0 Å². The number of hydrogen-bond acceptors (Lipinski definition) is 6. The van der Waals surface area contributed by atoms with Gasteiger partial charge in [-0.3, -0.25) is 10.1 Å². The van der Waals surface area contributed by atoms with Crippen LogP contribution in [0.3, 0.4) is 0 Å². The van der Waals surface area contributed by atoms with E-state index < -0.39 is 0 Å². The van der Waals surface area contributed by atoms with Crippen molar-refractivity contribution in [2.75, 3.05) is 5.32 Å². The van der Waals surface area contributed by atoms with Gasteiger partial charge in [0, 0.05) is 23.1 Å². The minimum Gasteiger partial charge on any atom is -0.298 e. The van der Waals surface area contributed by atoms with E-state index in [1.54, 1.807) is 42.6 Å². The van der Waals surface area contributed by atoms with E-state index in [0.29, 0.717) is 17.1 Å². The van der Waals surface area contributed by atoms with Crippen LogP contribution in [0.4, 0.5) is 9.52 Å². The number of carbonyl (C=O) groups is 1. The minimum atomic E-state index is -0.262. The Morgan fingerprint density at radius 3 is 2.59 bits per heavy atom. The second-order valence-electron chi connectivity index (χ2n) is 5.69. The summed E-state index contributed by atoms with van der Waals surface area (Å²) < 4.78 is 14.5. The van der Waals surface area contributed by atoms with Crippen molar-refractivity contribution in [1.82, 2.24) is 25.2 Å². The number of halogens is 1. The third-order valence-corrected chi connectivity index (χ3v) is 4.72. The van der Waals surface area contributed by atoms with Crippen LogP contribution < -0.4 is 5.32 Å². The van der Waals surface area contributed by atoms with Crippen LogP contribution in [0, 0.1) is 5.82 Å². The lowest BCUT2D eigenvalue weighted by Crippen LogP contribution is -2.11. The summed E-state index contributed by atoms with van der Waals surface area (Å²) in [6.45, 7) is 0. The Balaban J connectivity index is 1.41. The molecule has 9 heteroatoms. The molecule has 27 heavy (non-hydrogen) atoms. The number of thiazole rings is 1. The number of tetrazole rings is 1. The van der Waals surface area contributed by atoms with Crippen molar-refractivity contribution in [3.05, 3.63) is 82.9 Å². The molecule has 0 spiro atoms. The van der Waals surface area contributed by atoms with Gasteiger partial charge in [-0.05, 0) is 52.4 Å². The first kappa shape index (κ1) is 17.0. The number of nitrogens with zero attached hydrogens (tertiary/aromatic N) is 5. The van der Waals surface area contributed by atoms with Crippen LogP contribution in [0.1, 0.15) is 20.8 Å². The number of hydrogen-bond donors (Lipinski definition) is 1. The van der Waals surface area contributed by atoms with Crippen molar-refractivity contribution in [3.8, 4) is 5.69 Å². The van der Waals surface area contributed by atoms with Gasteiger partial charge in [0.05, 0.1) is 5.69 Å². The molecule has 1 N–H and O–H groups in total. The predicted molar refractivity (Wildman–Crippen MR) is 98.4 cm³/mol. The molecule has 2 aromatic heterocycles. The summed E-state index contributed by atoms with van der Waals surface area (Å²) in [5.41, 5.74) is 2.24. The molecule has 0 unspecified atom stereocenters. The molecule has 0 aliphatic carbocycles. The van der Waals surface area contributed by atoms with Gasteiger partial charge in [0.25, 0.3) is 5.91 Å². The van der Waals surface area contributed by atoms with Crippen molar-refractivity contribution in [2.45, 2.75) is 6.42 Å². The van der Waals surface area contributed by atoms with Gasteiger partial charge in [0.2, 0.25) is 0 Å². The quantitative estimate of drug-likeness (QED) is 0.575. The van der Waals surface area contributed by atoms with E-state index in [1.807, 2.05) is 0 Å². The molecule has 4 aromatic rings. The van der Waals surface area contributed by atoms with Gasteiger partial charge in [-0.25, -0.2) is 14.1 Å². The fourth-order valence-electron chi connectivity index (χ4n) is 2.46. The van der Waals surface area contributed by atoms with Gasteiger partial charge in [0.15, 0.2) is 5.13 Å². The van der Waals surface area contributed by atoms with E-state index in [2.05, 4.69) is 25.8 Å². The van der Waals surface area contributed by atoms with Gasteiger partial charge in [-0.2, -0.15) is 0 Å². The molecular formula is C18H13FN6OS. The van der Waals surface area contributed by atoms with Crippen LogP contribution in [0.5, 0.6) is 0 Å². The molecule has 2 aromatic carbocycles. The summed E-state index contributed by atoms with van der Waals surface area (Å²) in [4.78, 5) is 17.6. The van der Waals surface area contributed by atoms with Crippen LogP contribution in [-0.2, 0) is 6.42 Å². The van der Waals surface area contributed by atoms with E-state index in [0.717, 1.165) is 16.1 Å². The SMILES string of the molecule is O=C(Nc1ncc(Cc2ccc(F)cc2)s1)c1ccc(-n2cnnn2)cc1. The maximum Gasteiger partial charge on any atom is 0.257 e. The molecule has 0 saturated carbocycles. The van der Waals surface area contributed by atoms with E-state index in [1.165, 1.54) is 34.5 Å². The molecule has 2 heterocycles. The standard InChI is InChI=1S/C18H13FN6OS/c19-14-5-1-12(2-6-14)9-16-10-20-18(27-16)22-17(26)13-3-7-15(8-4-13)25-11-21-23-24-25/h1-8,10-11H,9H2,(H,20,22,26). The second kappa shape index (κ2) is 7.42. The summed E-state index contributed by atoms with van der Waals surface area (Å²) in [7, 11) is 0. The summed E-state index contributed by atoms with van der Waals surface area (Å²) in [6.07, 6.45) is 3.83. The Morgan fingerprint density at radius 2 is 1.89 bits per heavy atom. The Kier molecular flexibility index (Phi) is 4.67. The lowest BCUT2D eigenvalue weighted by molar-refractivity contribution is 0.102. The predicted octanol–water partition coefficient (Wildman–Crippen LogP) is 3.10. The first-order valence-electron chi connectivity index (χ1n) is 8.01. The first-order valence-corrected chi connectivity index (χ1v) is 8.83. The molecular weight excluding hydrogens is 367 g/mol. The maximum absolute atomic E-state index is 13.0. The maximum atomic E-state index is 13.0. The Morgan fingerprint density at radius 1 is 1.11 bits per heavy atom. The van der Waals surface area contributed by atoms with Gasteiger partial charge >= 0.3 is 0 Å². The summed E-state index contributed by atoms with van der Waals surface area (Å²) >= 11 is 1.39. The minimum absolute atomic E-state index is 0.249. The Labute approximate surface area is 157 Å². The molecule has 0 bridgehead atoms. The first-order chi connectivity index (χ1) is 13.2. The second-order valence-corrected chi connectivity index (χ2v) is 6.81. The van der Waals surface area contributed by atoms with Gasteiger partial charge < -0.3 is 0 Å². The number of benzene rings is 2. The fraction of sp³-hybridized carbons (Fsp3) is 0.0556. The topological polar surface area (TPSA) is 85.6 Å². The highest BCUT2D eigenvalue weighted by molar-refractivity contribution is 7.15. The summed E-state index contributed by atoms with van der Waals surface area (Å²) in [5, 5.41) is 14.3. The molecule has 0 fully saturated rings. The van der Waals surface area contributed by atoms with Crippen LogP contribution in [-0.4, -0.2) is 31.1 Å². The monoisotopic (exact) mass is 380 g/mol. The van der Waals surface area contributed by atoms with E-state index in [4.69, 9.17) is 0 Å². The lowest BCUT2D eigenvalue weighted by Gasteiger charge is -2.03. The smallest absolute Gasteiger partial charge is 0.257 e. The summed E-state index contributed by atoms with van der Waals surface area (Å²) in [6, 6.07) is 13.2. The average molecular weight is 380 g/mol. The molecule has 0 atom stereocenters. The van der Waals surface area contributed by atoms with Crippen molar-refractivity contribution < 1.29 is 9.18 Å². The molecule has 0 radical (unpaired) electrons. The Bertz CT molecular complexity index is 1040. The number of amides is 1. The van der Waals surface area contributed by atoms with Crippen LogP contribution >= 0.6 is 11.3 Å². The van der Waals surface area contributed by atoms with Gasteiger partial charge in [0.1, 0.15) is 12.1 Å². The molecule has 1 amide bonds. The zero-order valence-electron chi connectivity index (χ0n) is 13.9. The van der Waals surface area contributed by atoms with Gasteiger partial charge in [-0.15, -0.1) is 16.4 Å². The normalized spacial score (nSPS) is 10.7. The zero-order valence-corrected chi connectivity index (χ0v) is 14.7. The number of anilines is 1. The molecule has 134 valence electrons.